The number of imidazole rings is 1. The van der Waals surface area contributed by atoms with Gasteiger partial charge in [0.05, 0.1) is 7.11 Å². The van der Waals surface area contributed by atoms with Gasteiger partial charge in [0.15, 0.2) is 17.0 Å². The van der Waals surface area contributed by atoms with Gasteiger partial charge in [-0.3, -0.25) is 0 Å². The first-order valence-corrected chi connectivity index (χ1v) is 7.92. The van der Waals surface area contributed by atoms with Gasteiger partial charge in [-0.05, 0) is 18.9 Å². The van der Waals surface area contributed by atoms with Gasteiger partial charge >= 0.3 is 0 Å². The number of rotatable bonds is 4. The second-order valence-electron chi connectivity index (χ2n) is 5.70. The fraction of sp³-hybridized carbons (Fsp3) is 0.353. The molecular formula is C17H19N5O. The van der Waals surface area contributed by atoms with Crippen LogP contribution in [0.1, 0.15) is 24.2 Å². The Morgan fingerprint density at radius 1 is 1.22 bits per heavy atom. The van der Waals surface area contributed by atoms with E-state index in [0.29, 0.717) is 6.54 Å². The zero-order chi connectivity index (χ0) is 15.6. The van der Waals surface area contributed by atoms with Gasteiger partial charge in [0, 0.05) is 25.1 Å². The van der Waals surface area contributed by atoms with E-state index in [0.717, 1.165) is 47.1 Å². The van der Waals surface area contributed by atoms with Gasteiger partial charge in [-0.15, -0.1) is 0 Å². The van der Waals surface area contributed by atoms with Crippen molar-refractivity contribution in [3.63, 3.8) is 0 Å². The number of para-hydroxylation sites is 1. The highest BCUT2D eigenvalue weighted by Gasteiger charge is 2.18. The third kappa shape index (κ3) is 2.50. The number of methoxy groups -OCH3 is 1. The number of anilines is 1. The molecule has 1 aliphatic heterocycles. The maximum Gasteiger partial charge on any atom is 0.165 e. The first-order valence-electron chi connectivity index (χ1n) is 7.92. The molecule has 1 aromatic carbocycles. The lowest BCUT2D eigenvalue weighted by Crippen LogP contribution is -2.10. The molecule has 0 fully saturated rings. The molecule has 4 rings (SSSR count). The Morgan fingerprint density at radius 2 is 2.13 bits per heavy atom. The van der Waals surface area contributed by atoms with Crippen molar-refractivity contribution in [1.29, 1.82) is 0 Å². The zero-order valence-corrected chi connectivity index (χ0v) is 13.1. The summed E-state index contributed by atoms with van der Waals surface area (Å²) in [6.07, 6.45) is 5.01. The molecule has 3 aromatic rings. The van der Waals surface area contributed by atoms with Crippen LogP contribution < -0.4 is 10.1 Å². The Morgan fingerprint density at radius 3 is 3.04 bits per heavy atom. The van der Waals surface area contributed by atoms with Crippen LogP contribution in [0.2, 0.25) is 0 Å². The summed E-state index contributed by atoms with van der Waals surface area (Å²) in [5.74, 6) is 2.77. The average Bonchev–Trinajstić information content (AvgIpc) is 2.99. The van der Waals surface area contributed by atoms with Crippen molar-refractivity contribution in [2.75, 3.05) is 12.4 Å². The van der Waals surface area contributed by atoms with Crippen LogP contribution in [-0.4, -0.2) is 26.6 Å². The predicted molar refractivity (Wildman–Crippen MR) is 88.6 cm³/mol. The van der Waals surface area contributed by atoms with E-state index >= 15 is 0 Å². The van der Waals surface area contributed by atoms with Crippen molar-refractivity contribution in [2.24, 2.45) is 0 Å². The molecule has 2 aromatic heterocycles. The van der Waals surface area contributed by atoms with Crippen molar-refractivity contribution in [2.45, 2.75) is 32.4 Å². The van der Waals surface area contributed by atoms with Crippen molar-refractivity contribution in [3.8, 4) is 5.75 Å². The number of hydrogen-bond donors (Lipinski definition) is 1. The summed E-state index contributed by atoms with van der Waals surface area (Å²) in [5, 5.41) is 3.38. The minimum atomic E-state index is 0.637. The fourth-order valence-electron chi connectivity index (χ4n) is 3.12. The van der Waals surface area contributed by atoms with Crippen LogP contribution in [0.4, 0.5) is 5.82 Å². The van der Waals surface area contributed by atoms with Crippen molar-refractivity contribution < 1.29 is 4.74 Å². The van der Waals surface area contributed by atoms with Crippen molar-refractivity contribution >= 4 is 17.0 Å². The lowest BCUT2D eigenvalue weighted by Gasteiger charge is -2.13. The van der Waals surface area contributed by atoms with Gasteiger partial charge < -0.3 is 14.6 Å². The van der Waals surface area contributed by atoms with E-state index in [-0.39, 0.29) is 0 Å². The van der Waals surface area contributed by atoms with E-state index in [1.54, 1.807) is 13.4 Å². The highest BCUT2D eigenvalue weighted by molar-refractivity contribution is 5.83. The smallest absolute Gasteiger partial charge is 0.165 e. The molecule has 6 heteroatoms. The quantitative estimate of drug-likeness (QED) is 0.803. The summed E-state index contributed by atoms with van der Waals surface area (Å²) >= 11 is 0. The lowest BCUT2D eigenvalue weighted by atomic mass is 10.2. The van der Waals surface area contributed by atoms with Crippen LogP contribution >= 0.6 is 0 Å². The van der Waals surface area contributed by atoms with E-state index < -0.39 is 0 Å². The van der Waals surface area contributed by atoms with Crippen LogP contribution in [0.25, 0.3) is 11.2 Å². The maximum absolute atomic E-state index is 5.40. The molecule has 3 heterocycles. The highest BCUT2D eigenvalue weighted by atomic mass is 16.5. The third-order valence-electron chi connectivity index (χ3n) is 4.28. The molecule has 23 heavy (non-hydrogen) atoms. The maximum atomic E-state index is 5.40. The van der Waals surface area contributed by atoms with Gasteiger partial charge in [-0.2, -0.15) is 0 Å². The number of nitrogens with zero attached hydrogens (tertiary/aromatic N) is 4. The summed E-state index contributed by atoms with van der Waals surface area (Å²) in [7, 11) is 1.69. The standard InChI is InChI=1S/C17H19N5O/c1-23-13-7-3-2-6-12(13)10-18-16-15-17(20-11-19-16)22-9-5-4-8-14(22)21-15/h2-3,6-7,11H,4-5,8-10H2,1H3,(H,18,19,20). The van der Waals surface area contributed by atoms with Gasteiger partial charge in [0.1, 0.15) is 17.9 Å². The fourth-order valence-corrected chi connectivity index (χ4v) is 3.12. The van der Waals surface area contributed by atoms with E-state index in [1.807, 2.05) is 24.3 Å². The Hall–Kier alpha value is -2.63. The molecule has 0 bridgehead atoms. The Bertz CT molecular complexity index is 842. The molecule has 0 spiro atoms. The lowest BCUT2D eigenvalue weighted by molar-refractivity contribution is 0.410. The number of hydrogen-bond acceptors (Lipinski definition) is 5. The highest BCUT2D eigenvalue weighted by Crippen LogP contribution is 2.25. The van der Waals surface area contributed by atoms with Crippen LogP contribution in [0.5, 0.6) is 5.75 Å². The number of benzene rings is 1. The minimum Gasteiger partial charge on any atom is -0.496 e. The second kappa shape index (κ2) is 5.87. The Balaban J connectivity index is 1.65. The number of nitrogens with one attached hydrogen (secondary N) is 1. The molecule has 0 aliphatic carbocycles. The van der Waals surface area contributed by atoms with Crippen molar-refractivity contribution in [1.82, 2.24) is 19.5 Å². The van der Waals surface area contributed by atoms with E-state index in [4.69, 9.17) is 9.72 Å². The van der Waals surface area contributed by atoms with Crippen molar-refractivity contribution in [3.05, 3.63) is 42.0 Å². The normalized spacial score (nSPS) is 13.8. The summed E-state index contributed by atoms with van der Waals surface area (Å²) < 4.78 is 7.61. The topological polar surface area (TPSA) is 64.9 Å². The van der Waals surface area contributed by atoms with Crippen LogP contribution in [-0.2, 0) is 19.5 Å². The molecule has 0 amide bonds. The zero-order valence-electron chi connectivity index (χ0n) is 13.1. The molecule has 1 aliphatic rings. The number of aryl methyl sites for hydroxylation is 2. The van der Waals surface area contributed by atoms with E-state index in [2.05, 4.69) is 19.9 Å². The predicted octanol–water partition coefficient (Wildman–Crippen LogP) is 2.78. The van der Waals surface area contributed by atoms with E-state index in [1.165, 1.54) is 12.8 Å². The summed E-state index contributed by atoms with van der Waals surface area (Å²) in [6.45, 7) is 1.63. The minimum absolute atomic E-state index is 0.637. The Labute approximate surface area is 134 Å². The van der Waals surface area contributed by atoms with Gasteiger partial charge in [0.2, 0.25) is 0 Å². The molecule has 6 nitrogen and oxygen atoms in total. The SMILES string of the molecule is COc1ccccc1CNc1ncnc2c1nc1n2CCCC1. The molecular weight excluding hydrogens is 290 g/mol. The first kappa shape index (κ1) is 14.0. The molecule has 1 N–H and O–H groups in total. The average molecular weight is 309 g/mol. The van der Waals surface area contributed by atoms with Gasteiger partial charge in [0.25, 0.3) is 0 Å². The molecule has 0 saturated heterocycles. The third-order valence-corrected chi connectivity index (χ3v) is 4.28. The summed E-state index contributed by atoms with van der Waals surface area (Å²) in [6, 6.07) is 7.98. The molecule has 0 saturated carbocycles. The van der Waals surface area contributed by atoms with Crippen LogP contribution in [0.3, 0.4) is 0 Å². The number of fused-ring (bicyclic) bond motifs is 3. The van der Waals surface area contributed by atoms with Crippen LogP contribution in [0.15, 0.2) is 30.6 Å². The first-order chi connectivity index (χ1) is 11.4. The van der Waals surface area contributed by atoms with Gasteiger partial charge in [-0.25, -0.2) is 15.0 Å². The summed E-state index contributed by atoms with van der Waals surface area (Å²) in [4.78, 5) is 13.6. The van der Waals surface area contributed by atoms with Gasteiger partial charge in [-0.1, -0.05) is 18.2 Å². The molecule has 118 valence electrons. The Kier molecular flexibility index (Phi) is 3.57. The second-order valence-corrected chi connectivity index (χ2v) is 5.70. The number of ether oxygens (including phenoxy) is 1. The molecule has 0 radical (unpaired) electrons. The molecule has 0 atom stereocenters. The monoisotopic (exact) mass is 309 g/mol. The number of aromatic nitrogens is 4. The van der Waals surface area contributed by atoms with E-state index in [9.17, 15) is 0 Å². The summed E-state index contributed by atoms with van der Waals surface area (Å²) in [5.41, 5.74) is 2.88. The largest absolute Gasteiger partial charge is 0.496 e. The van der Waals surface area contributed by atoms with Crippen LogP contribution in [0, 0.1) is 0 Å². The molecule has 0 unspecified atom stereocenters.